The molecule has 1 aliphatic carbocycles. The van der Waals surface area contributed by atoms with Crippen molar-refractivity contribution in [2.24, 2.45) is 0 Å². The minimum absolute atomic E-state index is 0.103. The van der Waals surface area contributed by atoms with E-state index in [1.54, 1.807) is 27.8 Å². The standard InChI is InChI=1S/C12H23NO5S/c1-12(2,3)18-11(15)13(4)9-7-10(8-9)19(16,17)6-5-14/h9-10,14H,5-8H2,1-4H3. The van der Waals surface area contributed by atoms with Gasteiger partial charge in [-0.2, -0.15) is 0 Å². The third kappa shape index (κ3) is 4.35. The number of nitrogens with zero attached hydrogens (tertiary/aromatic N) is 1. The van der Waals surface area contributed by atoms with Gasteiger partial charge in [-0.25, -0.2) is 13.2 Å². The van der Waals surface area contributed by atoms with Gasteiger partial charge in [0.1, 0.15) is 5.60 Å². The second-order valence-electron chi connectivity index (χ2n) is 5.93. The number of carbonyl (C=O) groups is 1. The summed E-state index contributed by atoms with van der Waals surface area (Å²) in [6.45, 7) is 5.00. The van der Waals surface area contributed by atoms with Gasteiger partial charge in [-0.1, -0.05) is 0 Å². The summed E-state index contributed by atoms with van der Waals surface area (Å²) in [5.74, 6) is -0.208. The number of hydrogen-bond acceptors (Lipinski definition) is 5. The Morgan fingerprint density at radius 3 is 2.32 bits per heavy atom. The Hall–Kier alpha value is -0.820. The first kappa shape index (κ1) is 16.2. The van der Waals surface area contributed by atoms with Crippen molar-refractivity contribution < 1.29 is 23.1 Å². The molecule has 1 saturated carbocycles. The molecule has 0 heterocycles. The van der Waals surface area contributed by atoms with Crippen molar-refractivity contribution in [1.29, 1.82) is 0 Å². The fraction of sp³-hybridized carbons (Fsp3) is 0.917. The molecule has 0 saturated heterocycles. The molecule has 6 nitrogen and oxygen atoms in total. The van der Waals surface area contributed by atoms with Crippen molar-refractivity contribution in [2.75, 3.05) is 19.4 Å². The third-order valence-electron chi connectivity index (χ3n) is 3.18. The van der Waals surface area contributed by atoms with E-state index in [-0.39, 0.29) is 18.4 Å². The number of amides is 1. The molecule has 0 aromatic carbocycles. The first-order chi connectivity index (χ1) is 8.57. The Labute approximate surface area is 114 Å². The molecule has 1 amide bonds. The first-order valence-electron chi connectivity index (χ1n) is 6.35. The highest BCUT2D eigenvalue weighted by molar-refractivity contribution is 7.92. The largest absolute Gasteiger partial charge is 0.444 e. The Balaban J connectivity index is 2.48. The van der Waals surface area contributed by atoms with Gasteiger partial charge >= 0.3 is 6.09 Å². The van der Waals surface area contributed by atoms with Gasteiger partial charge in [0.25, 0.3) is 0 Å². The molecule has 0 atom stereocenters. The summed E-state index contributed by atoms with van der Waals surface area (Å²) in [7, 11) is -1.61. The number of rotatable bonds is 4. The molecule has 0 spiro atoms. The summed E-state index contributed by atoms with van der Waals surface area (Å²) in [4.78, 5) is 13.2. The van der Waals surface area contributed by atoms with Crippen molar-refractivity contribution in [3.63, 3.8) is 0 Å². The van der Waals surface area contributed by atoms with Gasteiger partial charge < -0.3 is 14.7 Å². The van der Waals surface area contributed by atoms with Crippen molar-refractivity contribution in [3.05, 3.63) is 0 Å². The van der Waals surface area contributed by atoms with Gasteiger partial charge in [0.15, 0.2) is 9.84 Å². The number of aliphatic hydroxyl groups excluding tert-OH is 1. The van der Waals surface area contributed by atoms with Crippen LogP contribution < -0.4 is 0 Å². The summed E-state index contributed by atoms with van der Waals surface area (Å²) in [6, 6.07) is -0.103. The quantitative estimate of drug-likeness (QED) is 0.828. The minimum Gasteiger partial charge on any atom is -0.444 e. The van der Waals surface area contributed by atoms with E-state index < -0.39 is 26.8 Å². The molecule has 0 aromatic heterocycles. The van der Waals surface area contributed by atoms with E-state index in [1.165, 1.54) is 4.90 Å². The summed E-state index contributed by atoms with van der Waals surface area (Å²) in [5.41, 5.74) is -0.558. The fourth-order valence-corrected chi connectivity index (χ4v) is 3.54. The highest BCUT2D eigenvalue weighted by atomic mass is 32.2. The Morgan fingerprint density at radius 1 is 1.37 bits per heavy atom. The molecule has 0 aromatic rings. The summed E-state index contributed by atoms with van der Waals surface area (Å²) >= 11 is 0. The van der Waals surface area contributed by atoms with Crippen molar-refractivity contribution in [1.82, 2.24) is 4.90 Å². The second-order valence-corrected chi connectivity index (χ2v) is 8.33. The fourth-order valence-electron chi connectivity index (χ4n) is 1.92. The molecule has 1 fully saturated rings. The van der Waals surface area contributed by atoms with Gasteiger partial charge in [-0.3, -0.25) is 0 Å². The Morgan fingerprint density at radius 2 is 1.89 bits per heavy atom. The summed E-state index contributed by atoms with van der Waals surface area (Å²) in [5, 5.41) is 8.25. The molecular weight excluding hydrogens is 270 g/mol. The molecule has 1 rings (SSSR count). The molecule has 0 unspecified atom stereocenters. The number of aliphatic hydroxyl groups is 1. The molecule has 0 radical (unpaired) electrons. The van der Waals surface area contributed by atoms with Crippen LogP contribution >= 0.6 is 0 Å². The van der Waals surface area contributed by atoms with E-state index in [0.717, 1.165) is 0 Å². The van der Waals surface area contributed by atoms with E-state index in [9.17, 15) is 13.2 Å². The average molecular weight is 293 g/mol. The minimum atomic E-state index is -3.23. The lowest BCUT2D eigenvalue weighted by atomic mass is 9.91. The maximum atomic E-state index is 11.8. The zero-order chi connectivity index (χ0) is 14.8. The van der Waals surface area contributed by atoms with E-state index in [1.807, 2.05) is 0 Å². The topological polar surface area (TPSA) is 83.9 Å². The number of sulfone groups is 1. The van der Waals surface area contributed by atoms with Crippen LogP contribution in [-0.4, -0.2) is 60.8 Å². The lowest BCUT2D eigenvalue weighted by molar-refractivity contribution is 0.0148. The second kappa shape index (κ2) is 5.66. The SMILES string of the molecule is CN(C(=O)OC(C)(C)C)C1CC(S(=O)(=O)CCO)C1. The molecule has 0 aliphatic heterocycles. The van der Waals surface area contributed by atoms with Crippen molar-refractivity contribution in [2.45, 2.75) is 50.5 Å². The van der Waals surface area contributed by atoms with Gasteiger partial charge in [-0.15, -0.1) is 0 Å². The van der Waals surface area contributed by atoms with Crippen LogP contribution in [-0.2, 0) is 14.6 Å². The molecule has 1 N–H and O–H groups in total. The molecule has 112 valence electrons. The highest BCUT2D eigenvalue weighted by Gasteiger charge is 2.42. The predicted octanol–water partition coefficient (Wildman–Crippen LogP) is 0.791. The Kier molecular flexibility index (Phi) is 4.84. The van der Waals surface area contributed by atoms with Gasteiger partial charge in [0.2, 0.25) is 0 Å². The van der Waals surface area contributed by atoms with Crippen LogP contribution in [0.3, 0.4) is 0 Å². The molecule has 7 heteroatoms. The number of carbonyl (C=O) groups excluding carboxylic acids is 1. The van der Waals surface area contributed by atoms with Gasteiger partial charge in [-0.05, 0) is 33.6 Å². The maximum Gasteiger partial charge on any atom is 0.410 e. The monoisotopic (exact) mass is 293 g/mol. The van der Waals surface area contributed by atoms with Crippen LogP contribution in [0.2, 0.25) is 0 Å². The zero-order valence-corrected chi connectivity index (χ0v) is 12.7. The molecular formula is C12H23NO5S. The summed E-state index contributed by atoms with van der Waals surface area (Å²) < 4.78 is 28.6. The van der Waals surface area contributed by atoms with Crippen molar-refractivity contribution in [3.8, 4) is 0 Å². The normalized spacial score (nSPS) is 23.6. The smallest absolute Gasteiger partial charge is 0.410 e. The molecule has 1 aliphatic rings. The summed E-state index contributed by atoms with van der Waals surface area (Å²) in [6.07, 6.45) is 0.395. The lowest BCUT2D eigenvalue weighted by Gasteiger charge is -2.40. The van der Waals surface area contributed by atoms with Gasteiger partial charge in [0.05, 0.1) is 17.6 Å². The predicted molar refractivity (Wildman–Crippen MR) is 71.7 cm³/mol. The maximum absolute atomic E-state index is 11.8. The average Bonchev–Trinajstić information content (AvgIpc) is 2.11. The van der Waals surface area contributed by atoms with Crippen molar-refractivity contribution >= 4 is 15.9 Å². The third-order valence-corrected chi connectivity index (χ3v) is 5.34. The molecule has 19 heavy (non-hydrogen) atoms. The van der Waals surface area contributed by atoms with Crippen LogP contribution in [0.5, 0.6) is 0 Å². The highest BCUT2D eigenvalue weighted by Crippen LogP contribution is 2.31. The lowest BCUT2D eigenvalue weighted by Crippen LogP contribution is -2.52. The van der Waals surface area contributed by atoms with Crippen LogP contribution in [0.25, 0.3) is 0 Å². The number of ether oxygens (including phenoxy) is 1. The molecule has 0 bridgehead atoms. The van der Waals surface area contributed by atoms with Crippen LogP contribution in [0.4, 0.5) is 4.79 Å². The first-order valence-corrected chi connectivity index (χ1v) is 8.06. The zero-order valence-electron chi connectivity index (χ0n) is 11.9. The van der Waals surface area contributed by atoms with Crippen LogP contribution in [0.15, 0.2) is 0 Å². The van der Waals surface area contributed by atoms with Gasteiger partial charge in [0, 0.05) is 13.1 Å². The number of hydrogen-bond donors (Lipinski definition) is 1. The van der Waals surface area contributed by atoms with E-state index in [2.05, 4.69) is 0 Å². The van der Waals surface area contributed by atoms with E-state index in [4.69, 9.17) is 9.84 Å². The van der Waals surface area contributed by atoms with E-state index in [0.29, 0.717) is 12.8 Å². The van der Waals surface area contributed by atoms with E-state index >= 15 is 0 Å². The Bertz CT molecular complexity index is 420. The van der Waals surface area contributed by atoms with Crippen LogP contribution in [0.1, 0.15) is 33.6 Å². The van der Waals surface area contributed by atoms with Crippen LogP contribution in [0, 0.1) is 0 Å².